The molecule has 0 spiro atoms. The third kappa shape index (κ3) is 7.28. The molecular weight excluding hydrogens is 532 g/mol. The van der Waals surface area contributed by atoms with Gasteiger partial charge in [0.05, 0.1) is 30.6 Å². The average molecular weight is 575 g/mol. The molecule has 0 radical (unpaired) electrons. The van der Waals surface area contributed by atoms with E-state index in [4.69, 9.17) is 10.5 Å². The maximum Gasteiger partial charge on any atom is 0.163 e. The van der Waals surface area contributed by atoms with E-state index in [1.165, 1.54) is 22.3 Å². The zero-order valence-electron chi connectivity index (χ0n) is 24.3. The molecule has 2 aromatic rings. The fourth-order valence-corrected chi connectivity index (χ4v) is 5.97. The van der Waals surface area contributed by atoms with Gasteiger partial charge in [-0.15, -0.1) is 0 Å². The van der Waals surface area contributed by atoms with Crippen LogP contribution in [0.5, 0.6) is 11.5 Å². The molecule has 9 heteroatoms. The first-order valence-electron chi connectivity index (χ1n) is 14.9. The number of hydrogen-bond donors (Lipinski definition) is 5. The smallest absolute Gasteiger partial charge is 0.163 e. The summed E-state index contributed by atoms with van der Waals surface area (Å²) < 4.78 is 5.99. The quantitative estimate of drug-likeness (QED) is 0.231. The molecule has 0 saturated carbocycles. The molecule has 3 aliphatic heterocycles. The number of rotatable bonds is 14. The predicted molar refractivity (Wildman–Crippen MR) is 162 cm³/mol. The molecule has 0 aliphatic carbocycles. The van der Waals surface area contributed by atoms with Crippen LogP contribution >= 0.6 is 0 Å². The molecule has 3 atom stereocenters. The second-order valence-corrected chi connectivity index (χ2v) is 11.5. The van der Waals surface area contributed by atoms with Gasteiger partial charge in [0.2, 0.25) is 0 Å². The minimum absolute atomic E-state index is 0.0314. The van der Waals surface area contributed by atoms with E-state index in [1.807, 2.05) is 18.0 Å². The van der Waals surface area contributed by atoms with E-state index in [1.54, 1.807) is 18.2 Å². The number of carbonyl (C=O) groups excluding carboxylic acids is 1. The van der Waals surface area contributed by atoms with Crippen LogP contribution in [-0.2, 0) is 24.1 Å². The number of nitrogens with one attached hydrogen (secondary N) is 1. The van der Waals surface area contributed by atoms with Gasteiger partial charge in [0, 0.05) is 37.4 Å². The normalized spacial score (nSPS) is 19.0. The van der Waals surface area contributed by atoms with Crippen molar-refractivity contribution >= 4 is 11.5 Å². The van der Waals surface area contributed by atoms with Crippen molar-refractivity contribution < 1.29 is 24.9 Å². The van der Waals surface area contributed by atoms with Crippen LogP contribution in [0.2, 0.25) is 0 Å². The van der Waals surface area contributed by atoms with Gasteiger partial charge in [0.1, 0.15) is 5.78 Å². The molecule has 0 amide bonds. The Hall–Kier alpha value is -3.50. The molecule has 0 unspecified atom stereocenters. The number of carbonyl (C=O) groups is 1. The number of aliphatic imine (C=N–C) groups is 1. The van der Waals surface area contributed by atoms with Crippen molar-refractivity contribution in [2.75, 3.05) is 19.8 Å². The lowest BCUT2D eigenvalue weighted by Gasteiger charge is -2.26. The summed E-state index contributed by atoms with van der Waals surface area (Å²) >= 11 is 0. The monoisotopic (exact) mass is 574 g/mol. The van der Waals surface area contributed by atoms with Crippen LogP contribution in [0.4, 0.5) is 0 Å². The number of fused-ring (bicyclic) bond motifs is 2. The molecule has 3 heterocycles. The lowest BCUT2D eigenvalue weighted by atomic mass is 9.89. The first-order valence-corrected chi connectivity index (χ1v) is 14.9. The van der Waals surface area contributed by atoms with Crippen molar-refractivity contribution in [2.45, 2.75) is 76.7 Å². The number of aromatic hydroxyl groups is 1. The van der Waals surface area contributed by atoms with Crippen molar-refractivity contribution in [3.63, 3.8) is 0 Å². The summed E-state index contributed by atoms with van der Waals surface area (Å²) in [4.78, 5) is 19.1. The molecule has 42 heavy (non-hydrogen) atoms. The van der Waals surface area contributed by atoms with Gasteiger partial charge >= 0.3 is 0 Å². The Labute approximate surface area is 247 Å². The molecular formula is C33H42N4O5. The van der Waals surface area contributed by atoms with E-state index in [0.29, 0.717) is 25.1 Å². The predicted octanol–water partition coefficient (Wildman–Crippen LogP) is 3.42. The summed E-state index contributed by atoms with van der Waals surface area (Å²) in [6, 6.07) is 11.5. The first-order chi connectivity index (χ1) is 20.3. The highest BCUT2D eigenvalue weighted by molar-refractivity contribution is 6.09. The molecule has 6 N–H and O–H groups in total. The van der Waals surface area contributed by atoms with E-state index in [0.717, 1.165) is 42.7 Å². The van der Waals surface area contributed by atoms with Gasteiger partial charge < -0.3 is 30.7 Å². The van der Waals surface area contributed by atoms with Gasteiger partial charge in [-0.25, -0.2) is 0 Å². The molecule has 2 aromatic carbocycles. The van der Waals surface area contributed by atoms with Gasteiger partial charge in [-0.3, -0.25) is 15.1 Å². The molecule has 5 rings (SSSR count). The van der Waals surface area contributed by atoms with Crippen molar-refractivity contribution in [2.24, 2.45) is 10.7 Å². The maximum atomic E-state index is 12.4. The Bertz CT molecular complexity index is 1380. The fourth-order valence-electron chi connectivity index (χ4n) is 5.97. The number of benzene rings is 2. The topological polar surface area (TPSA) is 141 Å². The van der Waals surface area contributed by atoms with Crippen LogP contribution in [-0.4, -0.2) is 63.7 Å². The number of nitrogens with two attached hydrogens (primary N) is 1. The Morgan fingerprint density at radius 1 is 1.24 bits per heavy atom. The molecule has 3 aliphatic rings. The van der Waals surface area contributed by atoms with Crippen LogP contribution < -0.4 is 15.8 Å². The van der Waals surface area contributed by atoms with Gasteiger partial charge in [0.15, 0.2) is 18.2 Å². The Kier molecular flexibility index (Phi) is 9.74. The Morgan fingerprint density at radius 3 is 2.93 bits per heavy atom. The van der Waals surface area contributed by atoms with Gasteiger partial charge in [-0.1, -0.05) is 37.6 Å². The standard InChI is InChI=1S/C33H42N4O5/c1-2-4-24(38)15-26(40)16-25(39)9-7-21-8-10-31(41)32(13-21)42-20-37-18-29-23(17-36-30(29)19-37)14-22-5-3-6-28-27(22)11-12-35-33(28)34/h3,5-6,8,10,13,17-18,24,26,33,35,38,40-41H,2,4,7,9,11-12,14-16,19-20,34H2,1H3/t24-,26+,33-/m0/s1. The maximum absolute atomic E-state index is 12.4. The number of ether oxygens (including phenoxy) is 1. The molecule has 9 nitrogen and oxygen atoms in total. The summed E-state index contributed by atoms with van der Waals surface area (Å²) in [5.74, 6) is 0.339. The number of aliphatic hydroxyl groups is 2. The van der Waals surface area contributed by atoms with E-state index < -0.39 is 12.2 Å². The summed E-state index contributed by atoms with van der Waals surface area (Å²) in [6.45, 7) is 3.72. The molecule has 224 valence electrons. The lowest BCUT2D eigenvalue weighted by molar-refractivity contribution is -0.121. The fraction of sp³-hybridized carbons (Fsp3) is 0.455. The molecule has 0 aromatic heterocycles. The Balaban J connectivity index is 1.14. The summed E-state index contributed by atoms with van der Waals surface area (Å²) in [5.41, 5.74) is 14.2. The van der Waals surface area contributed by atoms with E-state index >= 15 is 0 Å². The lowest BCUT2D eigenvalue weighted by Crippen LogP contribution is -2.35. The van der Waals surface area contributed by atoms with Crippen molar-refractivity contribution in [3.05, 3.63) is 82.2 Å². The molecule has 0 fully saturated rings. The number of Topliss-reactive ketones (excluding diaryl/α,β-unsaturated/α-hetero) is 1. The van der Waals surface area contributed by atoms with Crippen LogP contribution in [0.15, 0.2) is 64.9 Å². The van der Waals surface area contributed by atoms with Crippen LogP contribution in [0.3, 0.4) is 0 Å². The SMILES string of the molecule is CCC[C@H](O)C[C@@H](O)CC(=O)CCc1ccc(O)c(OCN2C=C3C(Cc4cccc5c4CCN[C@@H]5N)=CN=C3C2)c1. The van der Waals surface area contributed by atoms with Gasteiger partial charge in [0.25, 0.3) is 0 Å². The number of phenols is 1. The zero-order valence-corrected chi connectivity index (χ0v) is 24.3. The number of phenolic OH excluding ortho intramolecular Hbond substituents is 1. The summed E-state index contributed by atoms with van der Waals surface area (Å²) in [5, 5.41) is 33.7. The molecule has 0 bridgehead atoms. The number of aliphatic hydroxyl groups excluding tert-OH is 2. The first kappa shape index (κ1) is 30.0. The van der Waals surface area contributed by atoms with Crippen LogP contribution in [0, 0.1) is 0 Å². The number of hydrogen-bond acceptors (Lipinski definition) is 9. The number of nitrogens with zero attached hydrogens (tertiary/aromatic N) is 2. The van der Waals surface area contributed by atoms with E-state index in [2.05, 4.69) is 34.7 Å². The summed E-state index contributed by atoms with van der Waals surface area (Å²) in [6.07, 6.45) is 6.68. The highest BCUT2D eigenvalue weighted by Crippen LogP contribution is 2.32. The largest absolute Gasteiger partial charge is 0.504 e. The zero-order chi connectivity index (χ0) is 29.6. The van der Waals surface area contributed by atoms with Gasteiger partial charge in [-0.05, 0) is 72.1 Å². The molecule has 0 saturated heterocycles. The van der Waals surface area contributed by atoms with Crippen LogP contribution in [0.25, 0.3) is 0 Å². The van der Waals surface area contributed by atoms with E-state index in [-0.39, 0.29) is 43.7 Å². The van der Waals surface area contributed by atoms with Crippen molar-refractivity contribution in [3.8, 4) is 11.5 Å². The average Bonchev–Trinajstić information content (AvgIpc) is 3.53. The summed E-state index contributed by atoms with van der Waals surface area (Å²) in [7, 11) is 0. The third-order valence-corrected chi connectivity index (χ3v) is 8.19. The van der Waals surface area contributed by atoms with Crippen molar-refractivity contribution in [1.82, 2.24) is 10.2 Å². The second kappa shape index (κ2) is 13.6. The second-order valence-electron chi connectivity index (χ2n) is 11.5. The minimum atomic E-state index is -0.833. The number of allylic oxidation sites excluding steroid dienone is 1. The number of aryl methyl sites for hydroxylation is 1. The highest BCUT2D eigenvalue weighted by atomic mass is 16.5. The third-order valence-electron chi connectivity index (χ3n) is 8.19. The highest BCUT2D eigenvalue weighted by Gasteiger charge is 2.28. The number of ketones is 1. The van der Waals surface area contributed by atoms with Crippen molar-refractivity contribution in [1.29, 1.82) is 0 Å². The minimum Gasteiger partial charge on any atom is -0.504 e. The van der Waals surface area contributed by atoms with Crippen LogP contribution in [0.1, 0.15) is 67.4 Å². The van der Waals surface area contributed by atoms with Gasteiger partial charge in [-0.2, -0.15) is 0 Å². The Morgan fingerprint density at radius 2 is 2.10 bits per heavy atom. The van der Waals surface area contributed by atoms with E-state index in [9.17, 15) is 20.1 Å².